The summed E-state index contributed by atoms with van der Waals surface area (Å²) < 4.78 is 16.2. The van der Waals surface area contributed by atoms with Crippen LogP contribution in [0.3, 0.4) is 0 Å². The lowest BCUT2D eigenvalue weighted by molar-refractivity contribution is 0.0728. The lowest BCUT2D eigenvalue weighted by Crippen LogP contribution is -2.32. The number of nitrogens with one attached hydrogen (secondary N) is 1. The molecule has 0 unspecified atom stereocenters. The van der Waals surface area contributed by atoms with Gasteiger partial charge >= 0.3 is 0 Å². The van der Waals surface area contributed by atoms with Crippen LogP contribution in [0.15, 0.2) is 77.6 Å². The predicted octanol–water partition coefficient (Wildman–Crippen LogP) is 4.40. The van der Waals surface area contributed by atoms with Crippen molar-refractivity contribution in [1.82, 2.24) is 9.88 Å². The van der Waals surface area contributed by atoms with Gasteiger partial charge in [-0.1, -0.05) is 48.5 Å². The quantitative estimate of drug-likeness (QED) is 0.423. The fourth-order valence-electron chi connectivity index (χ4n) is 3.91. The third-order valence-corrected chi connectivity index (χ3v) is 5.61. The number of nitrogens with zero attached hydrogens (tertiary/aromatic N) is 1. The summed E-state index contributed by atoms with van der Waals surface area (Å²) in [5.41, 5.74) is 2.33. The molecule has 0 radical (unpaired) electrons. The van der Waals surface area contributed by atoms with Crippen LogP contribution in [-0.4, -0.2) is 37.1 Å². The van der Waals surface area contributed by atoms with Crippen LogP contribution in [0.4, 0.5) is 0 Å². The van der Waals surface area contributed by atoms with Crippen molar-refractivity contribution in [2.45, 2.75) is 13.1 Å². The molecule has 4 aromatic rings. The maximum absolute atomic E-state index is 13.7. The molecule has 0 aliphatic rings. The number of carbonyl (C=O) groups is 1. The van der Waals surface area contributed by atoms with Crippen molar-refractivity contribution in [3.05, 3.63) is 99.8 Å². The number of H-pyrrole nitrogens is 1. The van der Waals surface area contributed by atoms with Gasteiger partial charge in [0.15, 0.2) is 11.5 Å². The number of aromatic amines is 1. The number of para-hydroxylation sites is 1. The van der Waals surface area contributed by atoms with Crippen molar-refractivity contribution < 1.29 is 19.0 Å². The van der Waals surface area contributed by atoms with Crippen LogP contribution in [0, 0.1) is 0 Å². The monoisotopic (exact) mass is 458 g/mol. The lowest BCUT2D eigenvalue weighted by Gasteiger charge is -2.24. The second-order valence-corrected chi connectivity index (χ2v) is 7.77. The minimum absolute atomic E-state index is 0.130. The SMILES string of the molecule is COc1cc(C(=O)N(Cc2ccccc2)Cc2cc3ccccc3[nH]c2=O)cc(OC)c1OC. The van der Waals surface area contributed by atoms with Gasteiger partial charge in [-0.25, -0.2) is 0 Å². The number of amides is 1. The second-order valence-electron chi connectivity index (χ2n) is 7.77. The Balaban J connectivity index is 1.76. The third-order valence-electron chi connectivity index (χ3n) is 5.61. The van der Waals surface area contributed by atoms with E-state index in [1.807, 2.05) is 60.7 Å². The number of hydrogen-bond donors (Lipinski definition) is 1. The largest absolute Gasteiger partial charge is 0.493 e. The summed E-state index contributed by atoms with van der Waals surface area (Å²) >= 11 is 0. The molecule has 1 heterocycles. The fourth-order valence-corrected chi connectivity index (χ4v) is 3.91. The molecule has 4 rings (SSSR count). The Morgan fingerprint density at radius 3 is 2.12 bits per heavy atom. The van der Waals surface area contributed by atoms with Crippen LogP contribution in [0.2, 0.25) is 0 Å². The van der Waals surface area contributed by atoms with Crippen LogP contribution in [0.5, 0.6) is 17.2 Å². The van der Waals surface area contributed by atoms with Crippen LogP contribution in [0.25, 0.3) is 10.9 Å². The van der Waals surface area contributed by atoms with Gasteiger partial charge < -0.3 is 24.1 Å². The highest BCUT2D eigenvalue weighted by Gasteiger charge is 2.22. The van der Waals surface area contributed by atoms with Gasteiger partial charge in [0.05, 0.1) is 27.9 Å². The third kappa shape index (κ3) is 4.73. The predicted molar refractivity (Wildman–Crippen MR) is 131 cm³/mol. The highest BCUT2D eigenvalue weighted by Crippen LogP contribution is 2.38. The van der Waals surface area contributed by atoms with Crippen molar-refractivity contribution >= 4 is 16.8 Å². The van der Waals surface area contributed by atoms with Gasteiger partial charge in [0, 0.05) is 23.2 Å². The Morgan fingerprint density at radius 2 is 1.47 bits per heavy atom. The Hall–Kier alpha value is -4.26. The van der Waals surface area contributed by atoms with Crippen molar-refractivity contribution in [1.29, 1.82) is 0 Å². The molecule has 0 fully saturated rings. The van der Waals surface area contributed by atoms with Crippen molar-refractivity contribution in [3.63, 3.8) is 0 Å². The van der Waals surface area contributed by atoms with E-state index in [0.717, 1.165) is 16.5 Å². The highest BCUT2D eigenvalue weighted by atomic mass is 16.5. The summed E-state index contributed by atoms with van der Waals surface area (Å²) in [5.74, 6) is 0.902. The molecule has 0 atom stereocenters. The number of fused-ring (bicyclic) bond motifs is 1. The first-order valence-corrected chi connectivity index (χ1v) is 10.8. The maximum Gasteiger partial charge on any atom is 0.254 e. The molecule has 1 N–H and O–H groups in total. The lowest BCUT2D eigenvalue weighted by atomic mass is 10.1. The Kier molecular flexibility index (Phi) is 6.82. The van der Waals surface area contributed by atoms with Gasteiger partial charge in [-0.05, 0) is 35.2 Å². The molecule has 0 saturated carbocycles. The van der Waals surface area contributed by atoms with E-state index in [0.29, 0.717) is 34.9 Å². The molecule has 3 aromatic carbocycles. The molecule has 7 heteroatoms. The number of methoxy groups -OCH3 is 3. The van der Waals surface area contributed by atoms with Crippen LogP contribution < -0.4 is 19.8 Å². The van der Waals surface area contributed by atoms with E-state index >= 15 is 0 Å². The van der Waals surface area contributed by atoms with E-state index in [1.54, 1.807) is 17.0 Å². The molecular weight excluding hydrogens is 432 g/mol. The highest BCUT2D eigenvalue weighted by molar-refractivity contribution is 5.95. The standard InChI is InChI=1S/C27H26N2O5/c1-32-23-14-20(15-24(33-2)25(23)34-3)27(31)29(16-18-9-5-4-6-10-18)17-21-13-19-11-7-8-12-22(19)28-26(21)30/h4-15H,16-17H2,1-3H3,(H,28,30). The van der Waals surface area contributed by atoms with Gasteiger partial charge in [0.2, 0.25) is 5.75 Å². The van der Waals surface area contributed by atoms with Crippen molar-refractivity contribution in [3.8, 4) is 17.2 Å². The number of pyridine rings is 1. The number of aromatic nitrogens is 1. The molecule has 0 aliphatic carbocycles. The van der Waals surface area contributed by atoms with Gasteiger partial charge in [0.1, 0.15) is 0 Å². The number of benzene rings is 3. The number of rotatable bonds is 8. The first-order valence-electron chi connectivity index (χ1n) is 10.8. The molecule has 0 bridgehead atoms. The zero-order valence-electron chi connectivity index (χ0n) is 19.3. The summed E-state index contributed by atoms with van der Waals surface area (Å²) in [6.45, 7) is 0.452. The topological polar surface area (TPSA) is 80.9 Å². The fraction of sp³-hybridized carbons (Fsp3) is 0.185. The van der Waals surface area contributed by atoms with E-state index in [9.17, 15) is 9.59 Å². The Labute approximate surface area is 197 Å². The van der Waals surface area contributed by atoms with Gasteiger partial charge in [-0.15, -0.1) is 0 Å². The van der Waals surface area contributed by atoms with E-state index in [4.69, 9.17) is 14.2 Å². The van der Waals surface area contributed by atoms with E-state index in [1.165, 1.54) is 21.3 Å². The van der Waals surface area contributed by atoms with Gasteiger partial charge in [-0.2, -0.15) is 0 Å². The zero-order valence-corrected chi connectivity index (χ0v) is 19.3. The van der Waals surface area contributed by atoms with E-state index < -0.39 is 0 Å². The smallest absolute Gasteiger partial charge is 0.254 e. The number of ether oxygens (including phenoxy) is 3. The second kappa shape index (κ2) is 10.1. The first-order chi connectivity index (χ1) is 16.5. The summed E-state index contributed by atoms with van der Waals surface area (Å²) in [6, 6.07) is 22.3. The average Bonchev–Trinajstić information content (AvgIpc) is 2.87. The average molecular weight is 459 g/mol. The van der Waals surface area contributed by atoms with Gasteiger partial charge in [0.25, 0.3) is 11.5 Å². The molecule has 7 nitrogen and oxygen atoms in total. The van der Waals surface area contributed by atoms with Crippen molar-refractivity contribution in [2.75, 3.05) is 21.3 Å². The molecule has 174 valence electrons. The normalized spacial score (nSPS) is 10.7. The van der Waals surface area contributed by atoms with Crippen LogP contribution in [-0.2, 0) is 13.1 Å². The molecule has 0 aliphatic heterocycles. The van der Waals surface area contributed by atoms with Crippen molar-refractivity contribution in [2.24, 2.45) is 0 Å². The Morgan fingerprint density at radius 1 is 0.824 bits per heavy atom. The summed E-state index contributed by atoms with van der Waals surface area (Å²) in [6.07, 6.45) is 0. The zero-order chi connectivity index (χ0) is 24.1. The maximum atomic E-state index is 13.7. The number of carbonyl (C=O) groups excluding carboxylic acids is 1. The number of hydrogen-bond acceptors (Lipinski definition) is 5. The molecule has 1 amide bonds. The molecule has 34 heavy (non-hydrogen) atoms. The minimum Gasteiger partial charge on any atom is -0.493 e. The summed E-state index contributed by atoms with van der Waals surface area (Å²) in [7, 11) is 4.51. The first kappa shape index (κ1) is 22.9. The molecule has 0 spiro atoms. The molecule has 1 aromatic heterocycles. The summed E-state index contributed by atoms with van der Waals surface area (Å²) in [5, 5.41) is 0.900. The minimum atomic E-state index is -0.268. The van der Waals surface area contributed by atoms with Crippen LogP contribution in [0.1, 0.15) is 21.5 Å². The summed E-state index contributed by atoms with van der Waals surface area (Å²) in [4.78, 5) is 31.1. The van der Waals surface area contributed by atoms with E-state index in [-0.39, 0.29) is 18.0 Å². The Bertz CT molecular complexity index is 1340. The molecule has 0 saturated heterocycles. The van der Waals surface area contributed by atoms with E-state index in [2.05, 4.69) is 4.98 Å². The van der Waals surface area contributed by atoms with Crippen LogP contribution >= 0.6 is 0 Å². The van der Waals surface area contributed by atoms with Gasteiger partial charge in [-0.3, -0.25) is 9.59 Å². The molecular formula is C27H26N2O5.